The molecule has 0 saturated heterocycles. The van der Waals surface area contributed by atoms with Crippen molar-refractivity contribution in [3.8, 4) is 0 Å². The molecule has 0 radical (unpaired) electrons. The van der Waals surface area contributed by atoms with Crippen LogP contribution in [0.1, 0.15) is 34.6 Å². The second kappa shape index (κ2) is 7.28. The molecule has 1 aliphatic rings. The Morgan fingerprint density at radius 3 is 2.80 bits per heavy atom. The van der Waals surface area contributed by atoms with Gasteiger partial charge in [-0.1, -0.05) is 0 Å². The summed E-state index contributed by atoms with van der Waals surface area (Å²) >= 11 is 8.55. The normalized spacial score (nSPS) is 13.5. The average Bonchev–Trinajstić information content (AvgIpc) is 2.76. The van der Waals surface area contributed by atoms with Gasteiger partial charge in [0, 0.05) is 10.6 Å². The first kappa shape index (κ1) is 15.6. The van der Waals surface area contributed by atoms with Crippen LogP contribution in [0.5, 0.6) is 0 Å². The molecule has 0 unspecified atom stereocenters. The number of rotatable bonds is 4. The lowest BCUT2D eigenvalue weighted by atomic mass is 10.1. The van der Waals surface area contributed by atoms with E-state index < -0.39 is 0 Å². The summed E-state index contributed by atoms with van der Waals surface area (Å²) in [6.45, 7) is 4.55. The molecule has 2 rings (SSSR count). The summed E-state index contributed by atoms with van der Waals surface area (Å²) in [6, 6.07) is 0. The van der Waals surface area contributed by atoms with Crippen LogP contribution in [0, 0.1) is 0 Å². The summed E-state index contributed by atoms with van der Waals surface area (Å²) in [7, 11) is 0. The monoisotopic (exact) mass is 331 g/mol. The smallest absolute Gasteiger partial charge is 0.341 e. The van der Waals surface area contributed by atoms with E-state index >= 15 is 0 Å². The maximum atomic E-state index is 12.2. The van der Waals surface area contributed by atoms with Crippen molar-refractivity contribution in [2.45, 2.75) is 26.0 Å². The predicted octanol–water partition coefficient (Wildman–Crippen LogP) is 3.45. The molecule has 0 fully saturated rings. The minimum Gasteiger partial charge on any atom is -0.471 e. The molecule has 0 aliphatic carbocycles. The van der Waals surface area contributed by atoms with E-state index in [4.69, 9.17) is 21.7 Å². The van der Waals surface area contributed by atoms with E-state index in [2.05, 4.69) is 5.32 Å². The van der Waals surface area contributed by atoms with Gasteiger partial charge in [0.05, 0.1) is 18.8 Å². The van der Waals surface area contributed by atoms with E-state index in [1.807, 2.05) is 25.6 Å². The lowest BCUT2D eigenvalue weighted by molar-refractivity contribution is 0.0527. The molecule has 0 amide bonds. The molecule has 110 valence electrons. The van der Waals surface area contributed by atoms with E-state index in [-0.39, 0.29) is 5.97 Å². The van der Waals surface area contributed by atoms with Crippen molar-refractivity contribution in [1.29, 1.82) is 0 Å². The Labute approximate surface area is 132 Å². The Kier molecular flexibility index (Phi) is 5.68. The average molecular weight is 331 g/mol. The minimum absolute atomic E-state index is 0.279. The van der Waals surface area contributed by atoms with E-state index in [0.29, 0.717) is 24.0 Å². The largest absolute Gasteiger partial charge is 0.471 e. The van der Waals surface area contributed by atoms with Gasteiger partial charge in [0.2, 0.25) is 0 Å². The molecule has 1 aromatic heterocycles. The number of anilines is 1. The highest BCUT2D eigenvalue weighted by Crippen LogP contribution is 2.39. The fourth-order valence-corrected chi connectivity index (χ4v) is 4.65. The van der Waals surface area contributed by atoms with Gasteiger partial charge < -0.3 is 14.8 Å². The van der Waals surface area contributed by atoms with E-state index in [1.54, 1.807) is 11.3 Å². The number of thioether (sulfide) groups is 1. The maximum Gasteiger partial charge on any atom is 0.341 e. The molecule has 0 saturated carbocycles. The van der Waals surface area contributed by atoms with Crippen LogP contribution in [0.15, 0.2) is 0 Å². The Bertz CT molecular complexity index is 513. The quantitative estimate of drug-likeness (QED) is 0.673. The van der Waals surface area contributed by atoms with E-state index in [1.165, 1.54) is 4.88 Å². The van der Waals surface area contributed by atoms with Gasteiger partial charge in [-0.2, -0.15) is 11.8 Å². The number of carbonyl (C=O) groups excluding carboxylic acids is 1. The van der Waals surface area contributed by atoms with Crippen LogP contribution in [0.25, 0.3) is 0 Å². The van der Waals surface area contributed by atoms with Crippen molar-refractivity contribution in [2.75, 3.05) is 24.3 Å². The van der Waals surface area contributed by atoms with Crippen molar-refractivity contribution in [3.63, 3.8) is 0 Å². The number of hydrogen-bond acceptors (Lipinski definition) is 6. The molecular weight excluding hydrogens is 314 g/mol. The third kappa shape index (κ3) is 3.45. The van der Waals surface area contributed by atoms with Gasteiger partial charge >= 0.3 is 5.97 Å². The Morgan fingerprint density at radius 2 is 2.10 bits per heavy atom. The number of hydrogen-bond donors (Lipinski definition) is 1. The lowest BCUT2D eigenvalue weighted by Gasteiger charge is -2.12. The summed E-state index contributed by atoms with van der Waals surface area (Å²) in [5.74, 6) is 1.69. The van der Waals surface area contributed by atoms with Crippen LogP contribution < -0.4 is 5.32 Å². The summed E-state index contributed by atoms with van der Waals surface area (Å²) in [5.41, 5.74) is 1.74. The molecule has 0 atom stereocenters. The van der Waals surface area contributed by atoms with Gasteiger partial charge in [-0.3, -0.25) is 0 Å². The van der Waals surface area contributed by atoms with Crippen molar-refractivity contribution in [1.82, 2.24) is 0 Å². The van der Waals surface area contributed by atoms with Crippen molar-refractivity contribution in [3.05, 3.63) is 16.0 Å². The first-order valence-corrected chi connectivity index (χ1v) is 8.88. The second-order valence-corrected chi connectivity index (χ2v) is 6.66. The molecule has 0 bridgehead atoms. The molecular formula is C13H17NO3S3. The highest BCUT2D eigenvalue weighted by Gasteiger charge is 2.27. The van der Waals surface area contributed by atoms with Crippen LogP contribution in [0.2, 0.25) is 0 Å². The maximum absolute atomic E-state index is 12.2. The molecule has 0 aromatic carbocycles. The third-order valence-corrected chi connectivity index (χ3v) is 5.33. The third-order valence-electron chi connectivity index (χ3n) is 2.79. The van der Waals surface area contributed by atoms with Crippen LogP contribution >= 0.6 is 35.3 Å². The number of thiophene rings is 1. The first-order chi connectivity index (χ1) is 9.67. The summed E-state index contributed by atoms with van der Waals surface area (Å²) < 4.78 is 10.4. The topological polar surface area (TPSA) is 47.6 Å². The molecule has 4 nitrogen and oxygen atoms in total. The van der Waals surface area contributed by atoms with Gasteiger partial charge in [-0.05, 0) is 43.8 Å². The Balaban J connectivity index is 2.31. The van der Waals surface area contributed by atoms with Crippen LogP contribution in [0.4, 0.5) is 5.00 Å². The zero-order valence-corrected chi connectivity index (χ0v) is 13.9. The minimum atomic E-state index is -0.279. The van der Waals surface area contributed by atoms with Gasteiger partial charge in [-0.25, -0.2) is 4.79 Å². The summed E-state index contributed by atoms with van der Waals surface area (Å²) in [4.78, 5) is 13.4. The highest BCUT2D eigenvalue weighted by atomic mass is 32.2. The molecule has 20 heavy (non-hydrogen) atoms. The fourth-order valence-electron chi connectivity index (χ4n) is 2.00. The summed E-state index contributed by atoms with van der Waals surface area (Å²) in [6.07, 6.45) is 0.897. The van der Waals surface area contributed by atoms with Crippen molar-refractivity contribution in [2.24, 2.45) is 0 Å². The SMILES string of the molecule is CCOC(=O)c1c(NC(=S)OCC)sc2c1CCSC2. The van der Waals surface area contributed by atoms with E-state index in [0.717, 1.165) is 28.5 Å². The molecule has 7 heteroatoms. The number of ether oxygens (including phenoxy) is 2. The van der Waals surface area contributed by atoms with Gasteiger partial charge in [0.1, 0.15) is 5.00 Å². The lowest BCUT2D eigenvalue weighted by Crippen LogP contribution is -2.16. The number of esters is 1. The van der Waals surface area contributed by atoms with Crippen LogP contribution in [-0.4, -0.2) is 30.1 Å². The highest BCUT2D eigenvalue weighted by molar-refractivity contribution is 7.98. The predicted molar refractivity (Wildman–Crippen MR) is 88.0 cm³/mol. The zero-order valence-electron chi connectivity index (χ0n) is 11.5. The Morgan fingerprint density at radius 1 is 1.35 bits per heavy atom. The first-order valence-electron chi connectivity index (χ1n) is 6.50. The molecule has 2 heterocycles. The zero-order chi connectivity index (χ0) is 14.5. The second-order valence-electron chi connectivity index (χ2n) is 4.08. The van der Waals surface area contributed by atoms with Crippen molar-refractivity contribution >= 4 is 51.5 Å². The standard InChI is InChI=1S/C13H17NO3S3/c1-3-16-12(15)10-8-5-6-19-7-9(8)20-11(10)14-13(18)17-4-2/h3-7H2,1-2H3,(H,14,18). The number of carbonyl (C=O) groups is 1. The van der Waals surface area contributed by atoms with Gasteiger partial charge in [0.15, 0.2) is 0 Å². The van der Waals surface area contributed by atoms with Gasteiger partial charge in [-0.15, -0.1) is 11.3 Å². The van der Waals surface area contributed by atoms with E-state index in [9.17, 15) is 4.79 Å². The van der Waals surface area contributed by atoms with Crippen LogP contribution in [-0.2, 0) is 21.6 Å². The molecule has 1 aromatic rings. The van der Waals surface area contributed by atoms with Crippen LogP contribution in [0.3, 0.4) is 0 Å². The number of fused-ring (bicyclic) bond motifs is 1. The summed E-state index contributed by atoms with van der Waals surface area (Å²) in [5, 5.41) is 4.07. The Hall–Kier alpha value is -0.790. The molecule has 1 N–H and O–H groups in total. The van der Waals surface area contributed by atoms with Crippen molar-refractivity contribution < 1.29 is 14.3 Å². The number of nitrogens with one attached hydrogen (secondary N) is 1. The molecule has 0 spiro atoms. The fraction of sp³-hybridized carbons (Fsp3) is 0.538. The number of thiocarbonyl (C=S) groups is 1. The van der Waals surface area contributed by atoms with Gasteiger partial charge in [0.25, 0.3) is 5.17 Å². The molecule has 1 aliphatic heterocycles.